The number of hydrogen-bond donors (Lipinski definition) is 1. The van der Waals surface area contributed by atoms with Crippen molar-refractivity contribution >= 4 is 5.69 Å². The van der Waals surface area contributed by atoms with Crippen LogP contribution >= 0.6 is 0 Å². The van der Waals surface area contributed by atoms with Gasteiger partial charge < -0.3 is 5.32 Å². The zero-order valence-electron chi connectivity index (χ0n) is 12.3. The second kappa shape index (κ2) is 4.94. The van der Waals surface area contributed by atoms with Crippen LogP contribution in [-0.4, -0.2) is 0 Å². The summed E-state index contributed by atoms with van der Waals surface area (Å²) in [5.74, 6) is -0.638. The van der Waals surface area contributed by atoms with Crippen molar-refractivity contribution in [3.05, 3.63) is 76.9 Å². The first-order chi connectivity index (χ1) is 10.6. The van der Waals surface area contributed by atoms with Gasteiger partial charge in [0, 0.05) is 12.0 Å². The molecule has 0 bridgehead atoms. The van der Waals surface area contributed by atoms with E-state index in [9.17, 15) is 8.78 Å². The molecule has 22 heavy (non-hydrogen) atoms. The van der Waals surface area contributed by atoms with Crippen molar-refractivity contribution in [3.8, 4) is 0 Å². The minimum atomic E-state index is -0.508. The van der Waals surface area contributed by atoms with Gasteiger partial charge in [-0.25, -0.2) is 8.78 Å². The smallest absolute Gasteiger partial charge is 0.149 e. The van der Waals surface area contributed by atoms with Crippen LogP contribution in [0.2, 0.25) is 0 Å². The fraction of sp³-hybridized carbons (Fsp3) is 0.263. The maximum absolute atomic E-state index is 14.2. The van der Waals surface area contributed by atoms with Gasteiger partial charge in [0.05, 0.1) is 11.7 Å². The third-order valence-corrected chi connectivity index (χ3v) is 4.82. The lowest BCUT2D eigenvalue weighted by molar-refractivity contribution is 0.418. The number of fused-ring (bicyclic) bond motifs is 3. The van der Waals surface area contributed by atoms with Gasteiger partial charge >= 0.3 is 0 Å². The van der Waals surface area contributed by atoms with Crippen molar-refractivity contribution in [3.63, 3.8) is 0 Å². The van der Waals surface area contributed by atoms with Crippen LogP contribution in [0.4, 0.5) is 14.5 Å². The fourth-order valence-corrected chi connectivity index (χ4v) is 3.72. The summed E-state index contributed by atoms with van der Waals surface area (Å²) in [6.45, 7) is 2.05. The molecule has 1 nitrogen and oxygen atoms in total. The lowest BCUT2D eigenvalue weighted by Gasteiger charge is -2.37. The molecule has 1 aliphatic carbocycles. The molecule has 0 radical (unpaired) electrons. The highest BCUT2D eigenvalue weighted by Gasteiger charge is 2.39. The molecule has 1 N–H and O–H groups in total. The quantitative estimate of drug-likeness (QED) is 0.722. The molecule has 3 heteroatoms. The van der Waals surface area contributed by atoms with Gasteiger partial charge in [-0.05, 0) is 36.5 Å². The highest BCUT2D eigenvalue weighted by molar-refractivity contribution is 5.60. The maximum atomic E-state index is 14.2. The zero-order valence-corrected chi connectivity index (χ0v) is 12.3. The summed E-state index contributed by atoms with van der Waals surface area (Å²) in [7, 11) is 0. The summed E-state index contributed by atoms with van der Waals surface area (Å²) < 4.78 is 27.8. The van der Waals surface area contributed by atoms with Crippen molar-refractivity contribution in [1.82, 2.24) is 0 Å². The van der Waals surface area contributed by atoms with E-state index in [1.165, 1.54) is 11.6 Å². The third kappa shape index (κ3) is 2.04. The number of allylic oxidation sites excluding steroid dienone is 2. The van der Waals surface area contributed by atoms with E-state index in [-0.39, 0.29) is 12.0 Å². The van der Waals surface area contributed by atoms with E-state index in [1.54, 1.807) is 0 Å². The Morgan fingerprint density at radius 3 is 2.64 bits per heavy atom. The zero-order chi connectivity index (χ0) is 15.3. The molecule has 0 amide bonds. The van der Waals surface area contributed by atoms with Crippen molar-refractivity contribution in [1.29, 1.82) is 0 Å². The molecule has 112 valence electrons. The summed E-state index contributed by atoms with van der Waals surface area (Å²) >= 11 is 0. The van der Waals surface area contributed by atoms with Gasteiger partial charge in [-0.1, -0.05) is 42.0 Å². The van der Waals surface area contributed by atoms with E-state index in [1.807, 2.05) is 0 Å². The Balaban J connectivity index is 1.82. The topological polar surface area (TPSA) is 12.0 Å². The molecule has 0 spiro atoms. The highest BCUT2D eigenvalue weighted by atomic mass is 19.1. The third-order valence-electron chi connectivity index (χ3n) is 4.82. The monoisotopic (exact) mass is 297 g/mol. The van der Waals surface area contributed by atoms with E-state index in [0.717, 1.165) is 23.6 Å². The first kappa shape index (κ1) is 13.5. The van der Waals surface area contributed by atoms with Crippen molar-refractivity contribution in [2.45, 2.75) is 25.3 Å². The Bertz CT molecular complexity index is 749. The van der Waals surface area contributed by atoms with Crippen LogP contribution in [0, 0.1) is 24.5 Å². The first-order valence-electron chi connectivity index (χ1n) is 7.62. The van der Waals surface area contributed by atoms with Gasteiger partial charge in [0.2, 0.25) is 0 Å². The van der Waals surface area contributed by atoms with Crippen molar-refractivity contribution < 1.29 is 8.78 Å². The van der Waals surface area contributed by atoms with Crippen LogP contribution in [0.25, 0.3) is 0 Å². The Labute approximate surface area is 128 Å². The molecule has 0 unspecified atom stereocenters. The van der Waals surface area contributed by atoms with Crippen LogP contribution < -0.4 is 5.32 Å². The molecular weight excluding hydrogens is 280 g/mol. The summed E-state index contributed by atoms with van der Waals surface area (Å²) in [5.41, 5.74) is 3.53. The van der Waals surface area contributed by atoms with Crippen molar-refractivity contribution in [2.24, 2.45) is 5.92 Å². The Hall–Kier alpha value is -2.16. The van der Waals surface area contributed by atoms with E-state index >= 15 is 0 Å². The maximum Gasteiger partial charge on any atom is 0.149 e. The molecule has 0 saturated carbocycles. The number of anilines is 1. The Morgan fingerprint density at radius 1 is 1.09 bits per heavy atom. The molecule has 4 rings (SSSR count). The van der Waals surface area contributed by atoms with Crippen LogP contribution in [0.3, 0.4) is 0 Å². The molecule has 0 aromatic heterocycles. The number of aryl methyl sites for hydroxylation is 1. The molecule has 2 aromatic carbocycles. The van der Waals surface area contributed by atoms with E-state index in [2.05, 4.69) is 48.7 Å². The Kier molecular flexibility index (Phi) is 3.03. The standard InChI is InChI=1S/C19H17F2N/c1-11-5-7-12(8-6-11)18-15-4-2-3-14(15)16-9-13(20)10-17(21)19(16)22-18/h2-3,5-10,14-15,18,22H,4H2,1H3/t14-,15+,18-/m0/s1. The van der Waals surface area contributed by atoms with Crippen LogP contribution in [0.5, 0.6) is 0 Å². The summed E-state index contributed by atoms with van der Waals surface area (Å²) in [6, 6.07) is 10.8. The second-order valence-electron chi connectivity index (χ2n) is 6.24. The van der Waals surface area contributed by atoms with Gasteiger partial charge in [0.15, 0.2) is 0 Å². The predicted molar refractivity (Wildman–Crippen MR) is 83.9 cm³/mol. The number of hydrogen-bond acceptors (Lipinski definition) is 1. The molecule has 2 aliphatic rings. The van der Waals surface area contributed by atoms with Gasteiger partial charge in [0.1, 0.15) is 11.6 Å². The molecule has 0 saturated heterocycles. The lowest BCUT2D eigenvalue weighted by atomic mass is 9.77. The van der Waals surface area contributed by atoms with Gasteiger partial charge in [-0.2, -0.15) is 0 Å². The predicted octanol–water partition coefficient (Wildman–Crippen LogP) is 5.10. The summed E-state index contributed by atoms with van der Waals surface area (Å²) in [4.78, 5) is 0. The van der Waals surface area contributed by atoms with Crippen LogP contribution in [0.1, 0.15) is 35.1 Å². The average Bonchev–Trinajstić information content (AvgIpc) is 2.97. The SMILES string of the molecule is Cc1ccc([C@@H]2Nc3c(F)cc(F)cc3[C@H]3C=CC[C@H]32)cc1. The largest absolute Gasteiger partial charge is 0.375 e. The van der Waals surface area contributed by atoms with Crippen LogP contribution in [-0.2, 0) is 0 Å². The van der Waals surface area contributed by atoms with E-state index in [0.29, 0.717) is 11.6 Å². The molecule has 1 aliphatic heterocycles. The Morgan fingerprint density at radius 2 is 1.86 bits per heavy atom. The molecule has 2 aromatic rings. The molecular formula is C19H17F2N. The first-order valence-corrected chi connectivity index (χ1v) is 7.62. The summed E-state index contributed by atoms with van der Waals surface area (Å²) in [6.07, 6.45) is 5.13. The number of rotatable bonds is 1. The van der Waals surface area contributed by atoms with E-state index in [4.69, 9.17) is 0 Å². The second-order valence-corrected chi connectivity index (χ2v) is 6.24. The molecule has 1 heterocycles. The minimum absolute atomic E-state index is 0.0491. The van der Waals surface area contributed by atoms with Crippen molar-refractivity contribution in [2.75, 3.05) is 5.32 Å². The van der Waals surface area contributed by atoms with Gasteiger partial charge in [0.25, 0.3) is 0 Å². The average molecular weight is 297 g/mol. The number of benzene rings is 2. The van der Waals surface area contributed by atoms with Gasteiger partial charge in [-0.15, -0.1) is 0 Å². The summed E-state index contributed by atoms with van der Waals surface area (Å²) in [5, 5.41) is 3.32. The number of nitrogens with one attached hydrogen (secondary N) is 1. The molecule has 0 fully saturated rings. The fourth-order valence-electron chi connectivity index (χ4n) is 3.72. The van der Waals surface area contributed by atoms with E-state index < -0.39 is 11.6 Å². The lowest BCUT2D eigenvalue weighted by Crippen LogP contribution is -2.29. The van der Waals surface area contributed by atoms with Gasteiger partial charge in [-0.3, -0.25) is 0 Å². The normalized spacial score (nSPS) is 25.5. The number of halogens is 2. The highest BCUT2D eigenvalue weighted by Crippen LogP contribution is 2.50. The minimum Gasteiger partial charge on any atom is -0.375 e. The van der Waals surface area contributed by atoms with Crippen LogP contribution in [0.15, 0.2) is 48.6 Å². The molecule has 3 atom stereocenters.